The molecule has 0 aliphatic carbocycles. The van der Waals surface area contributed by atoms with Gasteiger partial charge in [-0.1, -0.05) is 11.6 Å². The first-order chi connectivity index (χ1) is 11.9. The Bertz CT molecular complexity index is 806. The maximum atomic E-state index is 12.8. The number of halogens is 8. The minimum Gasteiger partial charge on any atom is -0.348 e. The molecule has 3 nitrogen and oxygen atoms in total. The van der Waals surface area contributed by atoms with Gasteiger partial charge in [-0.05, 0) is 46.9 Å². The second-order valence-corrected chi connectivity index (χ2v) is 6.63. The molecule has 0 fully saturated rings. The molecular formula is C15H8ClF6IN2O. The van der Waals surface area contributed by atoms with Crippen LogP contribution in [0.5, 0.6) is 0 Å². The predicted octanol–water partition coefficient (Wildman–Crippen LogP) is 5.31. The Morgan fingerprint density at radius 1 is 1.04 bits per heavy atom. The molecule has 0 bridgehead atoms. The Labute approximate surface area is 161 Å². The van der Waals surface area contributed by atoms with Crippen LogP contribution in [-0.2, 0) is 18.9 Å². The van der Waals surface area contributed by atoms with Gasteiger partial charge in [-0.15, -0.1) is 0 Å². The molecular weight excluding hydrogens is 501 g/mol. The maximum Gasteiger partial charge on any atom is 0.416 e. The molecule has 0 saturated heterocycles. The Morgan fingerprint density at radius 3 is 2.04 bits per heavy atom. The molecule has 2 rings (SSSR count). The van der Waals surface area contributed by atoms with E-state index in [4.69, 9.17) is 11.6 Å². The summed E-state index contributed by atoms with van der Waals surface area (Å²) < 4.78 is 77.5. The van der Waals surface area contributed by atoms with Gasteiger partial charge in [-0.2, -0.15) is 26.3 Å². The first kappa shape index (κ1) is 20.7. The van der Waals surface area contributed by atoms with Crippen LogP contribution in [0.1, 0.15) is 27.0 Å². The molecule has 1 N–H and O–H groups in total. The zero-order valence-electron chi connectivity index (χ0n) is 12.5. The number of benzene rings is 1. The molecule has 0 aliphatic rings. The molecule has 1 aromatic carbocycles. The quantitative estimate of drug-likeness (QED) is 0.347. The van der Waals surface area contributed by atoms with E-state index in [1.165, 1.54) is 12.3 Å². The van der Waals surface area contributed by atoms with E-state index in [2.05, 4.69) is 10.3 Å². The van der Waals surface area contributed by atoms with E-state index in [1.807, 2.05) is 22.6 Å². The van der Waals surface area contributed by atoms with Gasteiger partial charge < -0.3 is 5.32 Å². The number of pyridine rings is 1. The molecule has 0 unspecified atom stereocenters. The number of carbonyl (C=O) groups excluding carboxylic acids is 1. The Balaban J connectivity index is 2.30. The Morgan fingerprint density at radius 2 is 1.58 bits per heavy atom. The van der Waals surface area contributed by atoms with Crippen molar-refractivity contribution in [3.63, 3.8) is 0 Å². The average Bonchev–Trinajstić information content (AvgIpc) is 2.51. The smallest absolute Gasteiger partial charge is 0.348 e. The number of amides is 1. The standard InChI is InChI=1S/C15H8ClF6IN2O/c16-12-4-11(23)8(5-24-12)6-25-13(26)7-1-9(14(17,18)19)3-10(2-7)15(20,21)22/h1-5H,6H2,(H,25,26). The van der Waals surface area contributed by atoms with Crippen LogP contribution < -0.4 is 5.32 Å². The van der Waals surface area contributed by atoms with E-state index in [0.717, 1.165) is 0 Å². The number of hydrogen-bond acceptors (Lipinski definition) is 2. The van der Waals surface area contributed by atoms with E-state index in [1.54, 1.807) is 0 Å². The summed E-state index contributed by atoms with van der Waals surface area (Å²) in [6.07, 6.45) is -8.70. The summed E-state index contributed by atoms with van der Waals surface area (Å²) in [6, 6.07) is 2.20. The van der Waals surface area contributed by atoms with Crippen LogP contribution in [0.4, 0.5) is 26.3 Å². The zero-order chi connectivity index (χ0) is 19.7. The van der Waals surface area contributed by atoms with E-state index in [-0.39, 0.29) is 17.8 Å². The van der Waals surface area contributed by atoms with Crippen LogP contribution in [-0.4, -0.2) is 10.9 Å². The first-order valence-electron chi connectivity index (χ1n) is 6.75. The third-order valence-electron chi connectivity index (χ3n) is 3.19. The molecule has 1 amide bonds. The first-order valence-corrected chi connectivity index (χ1v) is 8.21. The summed E-state index contributed by atoms with van der Waals surface area (Å²) in [5, 5.41) is 2.48. The second-order valence-electron chi connectivity index (χ2n) is 5.08. The monoisotopic (exact) mass is 508 g/mol. The van der Waals surface area contributed by atoms with Gasteiger partial charge in [0.1, 0.15) is 5.15 Å². The Kier molecular flexibility index (Phi) is 6.06. The van der Waals surface area contributed by atoms with Gasteiger partial charge in [0.15, 0.2) is 0 Å². The molecule has 0 atom stereocenters. The number of hydrogen-bond donors (Lipinski definition) is 1. The highest BCUT2D eigenvalue weighted by Gasteiger charge is 2.37. The van der Waals surface area contributed by atoms with Crippen molar-refractivity contribution < 1.29 is 31.1 Å². The van der Waals surface area contributed by atoms with E-state index >= 15 is 0 Å². The molecule has 0 aliphatic heterocycles. The minimum absolute atomic E-state index is 0.0389. The van der Waals surface area contributed by atoms with Crippen LogP contribution in [0, 0.1) is 3.57 Å². The Hall–Kier alpha value is -1.56. The van der Waals surface area contributed by atoms with Gasteiger partial charge in [-0.3, -0.25) is 4.79 Å². The molecule has 11 heteroatoms. The number of nitrogens with one attached hydrogen (secondary N) is 1. The number of carbonyl (C=O) groups is 1. The van der Waals surface area contributed by atoms with Crippen LogP contribution in [0.3, 0.4) is 0 Å². The van der Waals surface area contributed by atoms with Crippen LogP contribution >= 0.6 is 34.2 Å². The number of aromatic nitrogens is 1. The number of rotatable bonds is 3. The molecule has 2 aromatic rings. The molecule has 0 spiro atoms. The minimum atomic E-state index is -5.02. The van der Waals surface area contributed by atoms with Crippen molar-refractivity contribution in [3.8, 4) is 0 Å². The number of nitrogens with zero attached hydrogens (tertiary/aromatic N) is 1. The van der Waals surface area contributed by atoms with E-state index in [0.29, 0.717) is 21.3 Å². The zero-order valence-corrected chi connectivity index (χ0v) is 15.4. The highest BCUT2D eigenvalue weighted by Crippen LogP contribution is 2.36. The molecule has 1 heterocycles. The lowest BCUT2D eigenvalue weighted by Gasteiger charge is -2.14. The SMILES string of the molecule is O=C(NCc1cnc(Cl)cc1I)c1cc(C(F)(F)F)cc(C(F)(F)F)c1. The van der Waals surface area contributed by atoms with Crippen molar-refractivity contribution in [3.05, 3.63) is 61.4 Å². The summed E-state index contributed by atoms with van der Waals surface area (Å²) in [6.45, 7) is -0.140. The summed E-state index contributed by atoms with van der Waals surface area (Å²) in [5.74, 6) is -1.08. The van der Waals surface area contributed by atoms with Crippen LogP contribution in [0.25, 0.3) is 0 Å². The van der Waals surface area contributed by atoms with Crippen molar-refractivity contribution in [1.29, 1.82) is 0 Å². The summed E-state index contributed by atoms with van der Waals surface area (Å²) in [7, 11) is 0. The van der Waals surface area contributed by atoms with Gasteiger partial charge >= 0.3 is 12.4 Å². The topological polar surface area (TPSA) is 42.0 Å². The third-order valence-corrected chi connectivity index (χ3v) is 4.40. The fourth-order valence-electron chi connectivity index (χ4n) is 1.93. The number of alkyl halides is 6. The van der Waals surface area contributed by atoms with Crippen molar-refractivity contribution in [2.45, 2.75) is 18.9 Å². The highest BCUT2D eigenvalue weighted by atomic mass is 127. The second kappa shape index (κ2) is 7.59. The maximum absolute atomic E-state index is 12.8. The highest BCUT2D eigenvalue weighted by molar-refractivity contribution is 14.1. The molecule has 1 aromatic heterocycles. The average molecular weight is 509 g/mol. The normalized spacial score (nSPS) is 12.2. The van der Waals surface area contributed by atoms with Gasteiger partial charge in [0, 0.05) is 27.4 Å². The van der Waals surface area contributed by atoms with Gasteiger partial charge in [0.05, 0.1) is 11.1 Å². The van der Waals surface area contributed by atoms with Gasteiger partial charge in [0.25, 0.3) is 5.91 Å². The van der Waals surface area contributed by atoms with E-state index < -0.39 is 35.0 Å². The fraction of sp³-hybridized carbons (Fsp3) is 0.200. The van der Waals surface area contributed by atoms with E-state index in [9.17, 15) is 31.1 Å². The van der Waals surface area contributed by atoms with Gasteiger partial charge in [0.2, 0.25) is 0 Å². The summed E-state index contributed by atoms with van der Waals surface area (Å²) in [4.78, 5) is 15.9. The molecule has 26 heavy (non-hydrogen) atoms. The molecule has 0 radical (unpaired) electrons. The van der Waals surface area contributed by atoms with Crippen molar-refractivity contribution in [1.82, 2.24) is 10.3 Å². The predicted molar refractivity (Wildman–Crippen MR) is 89.6 cm³/mol. The largest absolute Gasteiger partial charge is 0.416 e. The lowest BCUT2D eigenvalue weighted by atomic mass is 10.0. The van der Waals surface area contributed by atoms with Crippen molar-refractivity contribution in [2.24, 2.45) is 0 Å². The third kappa shape index (κ3) is 5.22. The molecule has 0 saturated carbocycles. The summed E-state index contributed by atoms with van der Waals surface area (Å²) in [5.41, 5.74) is -3.35. The lowest BCUT2D eigenvalue weighted by molar-refractivity contribution is -0.143. The van der Waals surface area contributed by atoms with Gasteiger partial charge in [-0.25, -0.2) is 4.98 Å². The van der Waals surface area contributed by atoms with Crippen molar-refractivity contribution in [2.75, 3.05) is 0 Å². The fourth-order valence-corrected chi connectivity index (χ4v) is 2.90. The molecule has 140 valence electrons. The van der Waals surface area contributed by atoms with Crippen LogP contribution in [0.15, 0.2) is 30.5 Å². The summed E-state index contributed by atoms with van der Waals surface area (Å²) >= 11 is 7.59. The van der Waals surface area contributed by atoms with Crippen molar-refractivity contribution >= 4 is 40.1 Å². The lowest BCUT2D eigenvalue weighted by Crippen LogP contribution is -2.24. The van der Waals surface area contributed by atoms with Crippen LogP contribution in [0.2, 0.25) is 5.15 Å².